The first-order valence-electron chi connectivity index (χ1n) is 10.6. The van der Waals surface area contributed by atoms with Crippen molar-refractivity contribution in [2.24, 2.45) is 0 Å². The van der Waals surface area contributed by atoms with E-state index >= 15 is 0 Å². The number of hydrogen-bond donors (Lipinski definition) is 0. The zero-order valence-electron chi connectivity index (χ0n) is 17.5. The Balaban J connectivity index is 1.36. The number of ether oxygens (including phenoxy) is 2. The van der Waals surface area contributed by atoms with Crippen LogP contribution >= 0.6 is 0 Å². The molecule has 0 saturated carbocycles. The highest BCUT2D eigenvalue weighted by atomic mass is 16.5. The van der Waals surface area contributed by atoms with Gasteiger partial charge in [0, 0.05) is 6.07 Å². The number of benzene rings is 5. The maximum atomic E-state index is 11.6. The van der Waals surface area contributed by atoms with E-state index in [1.807, 2.05) is 42.5 Å². The average Bonchev–Trinajstić information content (AvgIpc) is 2.86. The van der Waals surface area contributed by atoms with Crippen LogP contribution in [0, 0.1) is 0 Å². The first-order chi connectivity index (χ1) is 15.8. The van der Waals surface area contributed by atoms with Crippen LogP contribution in [0.3, 0.4) is 0 Å². The summed E-state index contributed by atoms with van der Waals surface area (Å²) in [6.07, 6.45) is 0.812. The van der Waals surface area contributed by atoms with Crippen molar-refractivity contribution in [3.05, 3.63) is 120 Å². The van der Waals surface area contributed by atoms with Crippen LogP contribution in [-0.2, 0) is 13.2 Å². The molecule has 0 fully saturated rings. The van der Waals surface area contributed by atoms with Gasteiger partial charge in [0.2, 0.25) is 0 Å². The van der Waals surface area contributed by atoms with Gasteiger partial charge in [-0.05, 0) is 44.8 Å². The molecular formula is C29H22O3. The summed E-state index contributed by atoms with van der Waals surface area (Å²) in [6, 6.07) is 34.1. The number of fused-ring (bicyclic) bond motifs is 2. The second-order valence-corrected chi connectivity index (χ2v) is 7.67. The summed E-state index contributed by atoms with van der Waals surface area (Å²) in [7, 11) is 0. The molecule has 0 aliphatic rings. The minimum atomic E-state index is 0.370. The van der Waals surface area contributed by atoms with Crippen molar-refractivity contribution in [3.63, 3.8) is 0 Å². The van der Waals surface area contributed by atoms with Gasteiger partial charge >= 0.3 is 0 Å². The van der Waals surface area contributed by atoms with E-state index in [9.17, 15) is 4.79 Å². The molecule has 0 aromatic heterocycles. The number of hydrogen-bond acceptors (Lipinski definition) is 3. The minimum absolute atomic E-state index is 0.370. The van der Waals surface area contributed by atoms with Crippen molar-refractivity contribution in [2.45, 2.75) is 13.2 Å². The van der Waals surface area contributed by atoms with Crippen LogP contribution in [0.5, 0.6) is 11.5 Å². The van der Waals surface area contributed by atoms with E-state index in [1.165, 1.54) is 10.8 Å². The van der Waals surface area contributed by atoms with E-state index in [2.05, 4.69) is 42.5 Å². The topological polar surface area (TPSA) is 35.5 Å². The van der Waals surface area contributed by atoms with Crippen LogP contribution in [-0.4, -0.2) is 6.29 Å². The monoisotopic (exact) mass is 418 g/mol. The Kier molecular flexibility index (Phi) is 5.54. The van der Waals surface area contributed by atoms with Crippen LogP contribution in [0.4, 0.5) is 0 Å². The smallest absolute Gasteiger partial charge is 0.153 e. The Labute approximate surface area is 186 Å². The SMILES string of the molecule is O=Cc1ccc(OCc2cccc3ccccc23)cc1OCc1cccc2ccccc12. The highest BCUT2D eigenvalue weighted by molar-refractivity contribution is 5.86. The zero-order valence-corrected chi connectivity index (χ0v) is 17.5. The fourth-order valence-electron chi connectivity index (χ4n) is 3.98. The van der Waals surface area contributed by atoms with Crippen LogP contribution in [0.25, 0.3) is 21.5 Å². The van der Waals surface area contributed by atoms with Crippen molar-refractivity contribution in [1.82, 2.24) is 0 Å². The Bertz CT molecular complexity index is 1390. The van der Waals surface area contributed by atoms with Gasteiger partial charge in [-0.15, -0.1) is 0 Å². The maximum Gasteiger partial charge on any atom is 0.153 e. The molecule has 32 heavy (non-hydrogen) atoms. The predicted molar refractivity (Wildman–Crippen MR) is 128 cm³/mol. The third-order valence-electron chi connectivity index (χ3n) is 5.65. The molecule has 0 spiro atoms. The molecule has 0 amide bonds. The summed E-state index contributed by atoms with van der Waals surface area (Å²) >= 11 is 0. The van der Waals surface area contributed by atoms with Gasteiger partial charge in [-0.25, -0.2) is 0 Å². The molecule has 5 aromatic carbocycles. The molecule has 3 nitrogen and oxygen atoms in total. The van der Waals surface area contributed by atoms with Crippen molar-refractivity contribution in [3.8, 4) is 11.5 Å². The van der Waals surface area contributed by atoms with Crippen LogP contribution in [0.1, 0.15) is 21.5 Å². The minimum Gasteiger partial charge on any atom is -0.489 e. The lowest BCUT2D eigenvalue weighted by Crippen LogP contribution is -2.01. The molecule has 0 aliphatic heterocycles. The van der Waals surface area contributed by atoms with Crippen LogP contribution in [0.15, 0.2) is 103 Å². The van der Waals surface area contributed by atoms with Crippen molar-refractivity contribution in [1.29, 1.82) is 0 Å². The van der Waals surface area contributed by atoms with E-state index in [0.717, 1.165) is 28.2 Å². The molecule has 0 bridgehead atoms. The second-order valence-electron chi connectivity index (χ2n) is 7.67. The summed E-state index contributed by atoms with van der Waals surface area (Å²) in [5, 5.41) is 4.67. The highest BCUT2D eigenvalue weighted by Crippen LogP contribution is 2.28. The lowest BCUT2D eigenvalue weighted by atomic mass is 10.1. The van der Waals surface area contributed by atoms with Crippen LogP contribution in [0.2, 0.25) is 0 Å². The second kappa shape index (κ2) is 8.94. The maximum absolute atomic E-state index is 11.6. The molecule has 0 N–H and O–H groups in total. The molecule has 0 aliphatic carbocycles. The molecule has 5 rings (SSSR count). The van der Waals surface area contributed by atoms with Crippen molar-refractivity contribution >= 4 is 27.8 Å². The summed E-state index contributed by atoms with van der Waals surface area (Å²) in [5.74, 6) is 1.18. The van der Waals surface area contributed by atoms with E-state index < -0.39 is 0 Å². The van der Waals surface area contributed by atoms with E-state index in [4.69, 9.17) is 9.47 Å². The predicted octanol–water partition coefficient (Wildman–Crippen LogP) is 6.96. The van der Waals surface area contributed by atoms with E-state index in [1.54, 1.807) is 18.2 Å². The lowest BCUT2D eigenvalue weighted by Gasteiger charge is -2.13. The third kappa shape index (κ3) is 4.06. The van der Waals surface area contributed by atoms with Gasteiger partial charge < -0.3 is 9.47 Å². The third-order valence-corrected chi connectivity index (χ3v) is 5.65. The van der Waals surface area contributed by atoms with Gasteiger partial charge in [-0.1, -0.05) is 84.9 Å². The quantitative estimate of drug-likeness (QED) is 0.268. The average molecular weight is 418 g/mol. The Morgan fingerprint density at radius 2 is 1.16 bits per heavy atom. The largest absolute Gasteiger partial charge is 0.489 e. The number of aldehydes is 1. The molecule has 5 aromatic rings. The fourth-order valence-corrected chi connectivity index (χ4v) is 3.98. The highest BCUT2D eigenvalue weighted by Gasteiger charge is 2.09. The number of carbonyl (C=O) groups is 1. The summed E-state index contributed by atoms with van der Waals surface area (Å²) in [5.41, 5.74) is 2.69. The number of rotatable bonds is 7. The van der Waals surface area contributed by atoms with Gasteiger partial charge in [0.25, 0.3) is 0 Å². The van der Waals surface area contributed by atoms with Crippen molar-refractivity contribution in [2.75, 3.05) is 0 Å². The van der Waals surface area contributed by atoms with Gasteiger partial charge in [-0.3, -0.25) is 4.79 Å². The van der Waals surface area contributed by atoms with E-state index in [-0.39, 0.29) is 0 Å². The van der Waals surface area contributed by atoms with Crippen LogP contribution < -0.4 is 9.47 Å². The summed E-state index contributed by atoms with van der Waals surface area (Å²) in [6.45, 7) is 0.805. The molecule has 0 unspecified atom stereocenters. The normalized spacial score (nSPS) is 10.9. The van der Waals surface area contributed by atoms with Gasteiger partial charge in [0.05, 0.1) is 5.56 Å². The molecule has 0 atom stereocenters. The molecule has 156 valence electrons. The van der Waals surface area contributed by atoms with Gasteiger partial charge in [-0.2, -0.15) is 0 Å². The van der Waals surface area contributed by atoms with Crippen molar-refractivity contribution < 1.29 is 14.3 Å². The zero-order chi connectivity index (χ0) is 21.8. The van der Waals surface area contributed by atoms with Gasteiger partial charge in [0.1, 0.15) is 24.7 Å². The lowest BCUT2D eigenvalue weighted by molar-refractivity contribution is 0.111. The molecular weight excluding hydrogens is 396 g/mol. The fraction of sp³-hybridized carbons (Fsp3) is 0.0690. The number of carbonyl (C=O) groups excluding carboxylic acids is 1. The Morgan fingerprint density at radius 3 is 1.78 bits per heavy atom. The summed E-state index contributed by atoms with van der Waals surface area (Å²) < 4.78 is 12.1. The first-order valence-corrected chi connectivity index (χ1v) is 10.6. The Hall–Kier alpha value is -4.11. The van der Waals surface area contributed by atoms with Gasteiger partial charge in [0.15, 0.2) is 6.29 Å². The molecule has 3 heteroatoms. The molecule has 0 radical (unpaired) electrons. The summed E-state index contributed by atoms with van der Waals surface area (Å²) in [4.78, 5) is 11.6. The first kappa shape index (κ1) is 19.8. The Morgan fingerprint density at radius 1 is 0.594 bits per heavy atom. The molecule has 0 heterocycles. The molecule has 0 saturated heterocycles. The van der Waals surface area contributed by atoms with E-state index in [0.29, 0.717) is 30.3 Å². The standard InChI is InChI=1S/C29H22O3/c30-18-23-15-16-26(31-19-24-11-5-9-21-7-1-3-13-27(21)24)17-29(23)32-20-25-12-6-10-22-8-2-4-14-28(22)25/h1-18H,19-20H2.